The van der Waals surface area contributed by atoms with Crippen LogP contribution in [0.5, 0.6) is 5.75 Å². The number of hydrogen-bond acceptors (Lipinski definition) is 5. The number of ether oxygens (including phenoxy) is 1. The highest BCUT2D eigenvalue weighted by atomic mass is 16.5. The van der Waals surface area contributed by atoms with Crippen LogP contribution in [-0.4, -0.2) is 34.6 Å². The first kappa shape index (κ1) is 13.7. The summed E-state index contributed by atoms with van der Waals surface area (Å²) in [5, 5.41) is 12.6. The highest BCUT2D eigenvalue weighted by Crippen LogP contribution is 2.03. The molecule has 1 rings (SSSR count). The predicted octanol–water partition coefficient (Wildman–Crippen LogP) is -0.257. The van der Waals surface area contributed by atoms with E-state index in [2.05, 4.69) is 5.10 Å². The van der Waals surface area contributed by atoms with Crippen molar-refractivity contribution in [1.29, 1.82) is 0 Å². The second-order valence-electron chi connectivity index (χ2n) is 3.67. The third-order valence-corrected chi connectivity index (χ3v) is 2.26. The molecule has 0 bridgehead atoms. The summed E-state index contributed by atoms with van der Waals surface area (Å²) in [5.41, 5.74) is 5.11. The lowest BCUT2D eigenvalue weighted by Gasteiger charge is -2.06. The minimum atomic E-state index is -0.177. The lowest BCUT2D eigenvalue weighted by molar-refractivity contribution is 0.281. The molecule has 6 nitrogen and oxygen atoms in total. The fraction of sp³-hybridized carbons (Fsp3) is 0.636. The van der Waals surface area contributed by atoms with Gasteiger partial charge in [0.1, 0.15) is 12.4 Å². The molecule has 1 aromatic heterocycles. The highest BCUT2D eigenvalue weighted by Gasteiger charge is 2.00. The summed E-state index contributed by atoms with van der Waals surface area (Å²) in [6, 6.07) is 1.41. The normalized spacial score (nSPS) is 10.5. The van der Waals surface area contributed by atoms with E-state index in [9.17, 15) is 4.79 Å². The molecule has 96 valence electrons. The first-order valence-electron chi connectivity index (χ1n) is 5.79. The molecule has 0 radical (unpaired) electrons. The van der Waals surface area contributed by atoms with E-state index in [-0.39, 0.29) is 12.2 Å². The highest BCUT2D eigenvalue weighted by molar-refractivity contribution is 5.13. The van der Waals surface area contributed by atoms with Crippen molar-refractivity contribution in [3.05, 3.63) is 22.6 Å². The van der Waals surface area contributed by atoms with Gasteiger partial charge in [0.15, 0.2) is 0 Å². The van der Waals surface area contributed by atoms with Crippen molar-refractivity contribution in [3.8, 4) is 5.75 Å². The van der Waals surface area contributed by atoms with E-state index in [0.717, 1.165) is 19.3 Å². The quantitative estimate of drug-likeness (QED) is 0.612. The van der Waals surface area contributed by atoms with E-state index in [0.29, 0.717) is 25.4 Å². The van der Waals surface area contributed by atoms with Gasteiger partial charge < -0.3 is 15.6 Å². The molecule has 0 saturated heterocycles. The van der Waals surface area contributed by atoms with E-state index >= 15 is 0 Å². The van der Waals surface area contributed by atoms with Crippen molar-refractivity contribution in [2.24, 2.45) is 5.73 Å². The van der Waals surface area contributed by atoms with Crippen LogP contribution in [0.4, 0.5) is 0 Å². The smallest absolute Gasteiger partial charge is 0.270 e. The second kappa shape index (κ2) is 7.81. The molecule has 0 aliphatic rings. The van der Waals surface area contributed by atoms with Gasteiger partial charge in [-0.05, 0) is 19.3 Å². The summed E-state index contributed by atoms with van der Waals surface area (Å²) < 4.78 is 6.60. The number of aliphatic hydroxyl groups excluding tert-OH is 1. The lowest BCUT2D eigenvalue weighted by Crippen LogP contribution is -2.22. The zero-order valence-electron chi connectivity index (χ0n) is 9.84. The summed E-state index contributed by atoms with van der Waals surface area (Å²) in [7, 11) is 0. The van der Waals surface area contributed by atoms with Crippen LogP contribution < -0.4 is 16.0 Å². The molecule has 6 heteroatoms. The van der Waals surface area contributed by atoms with Crippen molar-refractivity contribution in [1.82, 2.24) is 9.78 Å². The summed E-state index contributed by atoms with van der Waals surface area (Å²) >= 11 is 0. The number of aryl methyl sites for hydroxylation is 1. The van der Waals surface area contributed by atoms with Crippen molar-refractivity contribution >= 4 is 0 Å². The molecule has 0 fully saturated rings. The van der Waals surface area contributed by atoms with Crippen LogP contribution in [0, 0.1) is 0 Å². The van der Waals surface area contributed by atoms with E-state index in [1.165, 1.54) is 16.9 Å². The Balaban J connectivity index is 2.48. The Kier molecular flexibility index (Phi) is 6.27. The van der Waals surface area contributed by atoms with Gasteiger partial charge in [0, 0.05) is 25.8 Å². The minimum absolute atomic E-state index is 0.177. The van der Waals surface area contributed by atoms with E-state index in [1.54, 1.807) is 0 Å². The zero-order valence-corrected chi connectivity index (χ0v) is 9.84. The number of aliphatic hydroxyl groups is 1. The molecule has 0 unspecified atom stereocenters. The molecule has 0 spiro atoms. The average molecular weight is 241 g/mol. The number of hydrogen-bond donors (Lipinski definition) is 2. The summed E-state index contributed by atoms with van der Waals surface area (Å²) in [4.78, 5) is 11.6. The molecule has 0 saturated carbocycles. The number of nitrogens with zero attached hydrogens (tertiary/aromatic N) is 2. The van der Waals surface area contributed by atoms with Gasteiger partial charge >= 0.3 is 0 Å². The number of unbranched alkanes of at least 4 members (excludes halogenated alkanes) is 2. The van der Waals surface area contributed by atoms with Crippen LogP contribution in [0.25, 0.3) is 0 Å². The topological polar surface area (TPSA) is 90.4 Å². The summed E-state index contributed by atoms with van der Waals surface area (Å²) in [5.74, 6) is 0.451. The maximum absolute atomic E-state index is 11.6. The molecule has 1 aromatic rings. The van der Waals surface area contributed by atoms with Crippen LogP contribution in [0.2, 0.25) is 0 Å². The van der Waals surface area contributed by atoms with Crippen molar-refractivity contribution in [3.63, 3.8) is 0 Å². The average Bonchev–Trinajstić information content (AvgIpc) is 2.34. The monoisotopic (exact) mass is 241 g/mol. The molecule has 0 atom stereocenters. The third kappa shape index (κ3) is 4.97. The van der Waals surface area contributed by atoms with Crippen molar-refractivity contribution < 1.29 is 9.84 Å². The Morgan fingerprint density at radius 2 is 2.24 bits per heavy atom. The van der Waals surface area contributed by atoms with Gasteiger partial charge in [0.05, 0.1) is 6.20 Å². The minimum Gasteiger partial charge on any atom is -0.490 e. The Bertz CT molecular complexity index is 378. The largest absolute Gasteiger partial charge is 0.490 e. The zero-order chi connectivity index (χ0) is 12.5. The SMILES string of the molecule is NCCOc1cnn(CCCCCO)c(=O)c1. The van der Waals surface area contributed by atoms with Gasteiger partial charge in [-0.15, -0.1) is 0 Å². The molecule has 0 aliphatic carbocycles. The maximum atomic E-state index is 11.6. The van der Waals surface area contributed by atoms with E-state index < -0.39 is 0 Å². The molecule has 0 aliphatic heterocycles. The van der Waals surface area contributed by atoms with Crippen LogP contribution >= 0.6 is 0 Å². The van der Waals surface area contributed by atoms with Crippen LogP contribution in [0.3, 0.4) is 0 Å². The fourth-order valence-corrected chi connectivity index (χ4v) is 1.39. The molecule has 3 N–H and O–H groups in total. The number of rotatable bonds is 8. The summed E-state index contributed by atoms with van der Waals surface area (Å²) in [6.07, 6.45) is 3.99. The van der Waals surface area contributed by atoms with Crippen LogP contribution in [0.1, 0.15) is 19.3 Å². The van der Waals surface area contributed by atoms with Crippen molar-refractivity contribution in [2.45, 2.75) is 25.8 Å². The van der Waals surface area contributed by atoms with Gasteiger partial charge in [-0.1, -0.05) is 0 Å². The Morgan fingerprint density at radius 3 is 2.88 bits per heavy atom. The molecule has 1 heterocycles. The maximum Gasteiger partial charge on any atom is 0.270 e. The molecule has 0 aromatic carbocycles. The second-order valence-corrected chi connectivity index (χ2v) is 3.67. The van der Waals surface area contributed by atoms with Crippen LogP contribution in [-0.2, 0) is 6.54 Å². The predicted molar refractivity (Wildman–Crippen MR) is 64.0 cm³/mol. The Labute approximate surface area is 100 Å². The first-order chi connectivity index (χ1) is 8.27. The number of aromatic nitrogens is 2. The number of nitrogens with two attached hydrogens (primary N) is 1. The fourth-order valence-electron chi connectivity index (χ4n) is 1.39. The van der Waals surface area contributed by atoms with E-state index in [4.69, 9.17) is 15.6 Å². The molecule has 17 heavy (non-hydrogen) atoms. The molecule has 0 amide bonds. The van der Waals surface area contributed by atoms with Gasteiger partial charge in [0.2, 0.25) is 0 Å². The Morgan fingerprint density at radius 1 is 1.41 bits per heavy atom. The molecular weight excluding hydrogens is 222 g/mol. The van der Waals surface area contributed by atoms with Crippen LogP contribution in [0.15, 0.2) is 17.1 Å². The summed E-state index contributed by atoms with van der Waals surface area (Å²) in [6.45, 7) is 1.54. The van der Waals surface area contributed by atoms with Crippen molar-refractivity contribution in [2.75, 3.05) is 19.8 Å². The van der Waals surface area contributed by atoms with Gasteiger partial charge in [-0.3, -0.25) is 4.79 Å². The molecular formula is C11H19N3O3. The van der Waals surface area contributed by atoms with E-state index in [1.807, 2.05) is 0 Å². The first-order valence-corrected chi connectivity index (χ1v) is 5.79. The van der Waals surface area contributed by atoms with Gasteiger partial charge in [-0.25, -0.2) is 4.68 Å². The standard InChI is InChI=1S/C11H19N3O3/c12-4-7-17-10-8-11(16)14(13-9-10)5-2-1-3-6-15/h8-9,15H,1-7,12H2. The lowest BCUT2D eigenvalue weighted by atomic mass is 10.2. The third-order valence-electron chi connectivity index (χ3n) is 2.26. The van der Waals surface area contributed by atoms with Gasteiger partial charge in [0.25, 0.3) is 5.56 Å². The van der Waals surface area contributed by atoms with Gasteiger partial charge in [-0.2, -0.15) is 5.10 Å². The Hall–Kier alpha value is -1.40.